The van der Waals surface area contributed by atoms with Crippen LogP contribution in [0.3, 0.4) is 0 Å². The smallest absolute Gasteiger partial charge is 0.226 e. The van der Waals surface area contributed by atoms with Gasteiger partial charge in [-0.25, -0.2) is 0 Å². The molecule has 0 radical (unpaired) electrons. The Bertz CT molecular complexity index is 577. The number of nitrogens with one attached hydrogen (secondary N) is 2. The summed E-state index contributed by atoms with van der Waals surface area (Å²) in [5.74, 6) is -0.327. The van der Waals surface area contributed by atoms with E-state index in [4.69, 9.17) is 5.26 Å². The molecule has 1 aromatic carbocycles. The summed E-state index contributed by atoms with van der Waals surface area (Å²) in [7, 11) is 0. The SMILES string of the molecule is N#CNC1=C(C#N)[C@H](c2ccccc2)CC(=O)N1. The van der Waals surface area contributed by atoms with Gasteiger partial charge >= 0.3 is 0 Å². The lowest BCUT2D eigenvalue weighted by molar-refractivity contribution is -0.121. The van der Waals surface area contributed by atoms with Crippen molar-refractivity contribution in [1.82, 2.24) is 10.6 Å². The number of nitrogens with zero attached hydrogens (tertiary/aromatic N) is 2. The molecule has 18 heavy (non-hydrogen) atoms. The lowest BCUT2D eigenvalue weighted by Gasteiger charge is -2.24. The van der Waals surface area contributed by atoms with Crippen LogP contribution in [0.1, 0.15) is 17.9 Å². The standard InChI is InChI=1S/C13H10N4O/c14-7-11-10(9-4-2-1-3-5-9)6-12(18)17-13(11)16-8-15/h1-5,10,16H,6H2,(H,17,18)/t10-/m0/s1. The molecule has 0 unspecified atom stereocenters. The normalized spacial score (nSPS) is 18.6. The van der Waals surface area contributed by atoms with Crippen molar-refractivity contribution in [3.63, 3.8) is 0 Å². The van der Waals surface area contributed by atoms with Gasteiger partial charge in [-0.15, -0.1) is 0 Å². The minimum Gasteiger partial charge on any atom is -0.311 e. The Morgan fingerprint density at radius 1 is 1.28 bits per heavy atom. The Kier molecular flexibility index (Phi) is 3.26. The topological polar surface area (TPSA) is 88.7 Å². The minimum absolute atomic E-state index is 0.185. The van der Waals surface area contributed by atoms with Gasteiger partial charge in [0.15, 0.2) is 6.19 Å². The third-order valence-corrected chi connectivity index (χ3v) is 2.78. The fourth-order valence-corrected chi connectivity index (χ4v) is 1.98. The van der Waals surface area contributed by atoms with Crippen molar-refractivity contribution < 1.29 is 4.79 Å². The second-order valence-electron chi connectivity index (χ2n) is 3.85. The molecule has 0 saturated carbocycles. The van der Waals surface area contributed by atoms with E-state index in [1.165, 1.54) is 0 Å². The summed E-state index contributed by atoms with van der Waals surface area (Å²) in [6.07, 6.45) is 1.93. The molecular weight excluding hydrogens is 228 g/mol. The predicted molar refractivity (Wildman–Crippen MR) is 63.3 cm³/mol. The molecule has 0 saturated heterocycles. The Morgan fingerprint density at radius 2 is 2.00 bits per heavy atom. The van der Waals surface area contributed by atoms with E-state index in [9.17, 15) is 10.1 Å². The molecule has 88 valence electrons. The molecule has 1 aliphatic heterocycles. The average Bonchev–Trinajstić information content (AvgIpc) is 2.39. The Labute approximate surface area is 104 Å². The molecule has 0 aromatic heterocycles. The van der Waals surface area contributed by atoms with E-state index in [0.29, 0.717) is 5.57 Å². The lowest BCUT2D eigenvalue weighted by Crippen LogP contribution is -2.37. The second kappa shape index (κ2) is 5.03. The zero-order valence-electron chi connectivity index (χ0n) is 9.47. The van der Waals surface area contributed by atoms with E-state index in [1.807, 2.05) is 30.3 Å². The number of amides is 1. The van der Waals surface area contributed by atoms with Gasteiger partial charge in [-0.2, -0.15) is 10.5 Å². The third kappa shape index (κ3) is 2.16. The van der Waals surface area contributed by atoms with E-state index < -0.39 is 0 Å². The highest BCUT2D eigenvalue weighted by Crippen LogP contribution is 2.31. The van der Waals surface area contributed by atoms with Crippen molar-refractivity contribution >= 4 is 5.91 Å². The van der Waals surface area contributed by atoms with E-state index in [2.05, 4.69) is 16.7 Å². The third-order valence-electron chi connectivity index (χ3n) is 2.78. The first-order valence-corrected chi connectivity index (χ1v) is 5.40. The summed E-state index contributed by atoms with van der Waals surface area (Å²) in [4.78, 5) is 11.6. The molecular formula is C13H10N4O. The molecule has 1 aliphatic rings. The minimum atomic E-state index is -0.305. The number of carbonyl (C=O) groups is 1. The van der Waals surface area contributed by atoms with Gasteiger partial charge in [0, 0.05) is 12.3 Å². The van der Waals surface area contributed by atoms with Crippen LogP contribution in [0.4, 0.5) is 0 Å². The molecule has 1 heterocycles. The van der Waals surface area contributed by atoms with Gasteiger partial charge in [0.2, 0.25) is 5.91 Å². The molecule has 2 N–H and O–H groups in total. The van der Waals surface area contributed by atoms with Gasteiger partial charge in [-0.3, -0.25) is 10.1 Å². The molecule has 1 amide bonds. The van der Waals surface area contributed by atoms with Crippen LogP contribution in [-0.2, 0) is 4.79 Å². The molecule has 1 aromatic rings. The van der Waals surface area contributed by atoms with Crippen molar-refractivity contribution in [3.05, 3.63) is 47.3 Å². The highest BCUT2D eigenvalue weighted by molar-refractivity contribution is 5.82. The molecule has 5 heteroatoms. The molecule has 0 bridgehead atoms. The fraction of sp³-hybridized carbons (Fsp3) is 0.154. The highest BCUT2D eigenvalue weighted by atomic mass is 16.1. The number of carbonyl (C=O) groups excluding carboxylic acids is 1. The fourth-order valence-electron chi connectivity index (χ4n) is 1.98. The van der Waals surface area contributed by atoms with Crippen LogP contribution in [0.2, 0.25) is 0 Å². The summed E-state index contributed by atoms with van der Waals surface area (Å²) in [5, 5.41) is 22.7. The molecule has 2 rings (SSSR count). The first-order valence-electron chi connectivity index (χ1n) is 5.40. The van der Waals surface area contributed by atoms with Crippen molar-refractivity contribution in [2.24, 2.45) is 0 Å². The predicted octanol–water partition coefficient (Wildman–Crippen LogP) is 1.10. The van der Waals surface area contributed by atoms with E-state index in [0.717, 1.165) is 5.56 Å². The monoisotopic (exact) mass is 238 g/mol. The van der Waals surface area contributed by atoms with Crippen LogP contribution in [0.15, 0.2) is 41.7 Å². The molecule has 0 aliphatic carbocycles. The number of hydrogen-bond acceptors (Lipinski definition) is 4. The van der Waals surface area contributed by atoms with E-state index >= 15 is 0 Å². The number of nitriles is 2. The van der Waals surface area contributed by atoms with Crippen LogP contribution in [0.25, 0.3) is 0 Å². The van der Waals surface area contributed by atoms with Crippen LogP contribution in [0, 0.1) is 22.8 Å². The Morgan fingerprint density at radius 3 is 2.61 bits per heavy atom. The van der Waals surface area contributed by atoms with Crippen LogP contribution in [-0.4, -0.2) is 5.91 Å². The van der Waals surface area contributed by atoms with E-state index in [1.54, 1.807) is 6.19 Å². The zero-order chi connectivity index (χ0) is 13.0. The first kappa shape index (κ1) is 11.7. The van der Waals surface area contributed by atoms with Crippen molar-refractivity contribution in [2.75, 3.05) is 0 Å². The highest BCUT2D eigenvalue weighted by Gasteiger charge is 2.29. The quantitative estimate of drug-likeness (QED) is 0.596. The van der Waals surface area contributed by atoms with Crippen molar-refractivity contribution in [1.29, 1.82) is 10.5 Å². The maximum absolute atomic E-state index is 11.6. The van der Waals surface area contributed by atoms with Crippen LogP contribution >= 0.6 is 0 Å². The molecule has 0 fully saturated rings. The number of benzene rings is 1. The number of allylic oxidation sites excluding steroid dienone is 1. The summed E-state index contributed by atoms with van der Waals surface area (Å²) in [6.45, 7) is 0. The Balaban J connectivity index is 2.46. The first-order chi connectivity index (χ1) is 8.76. The van der Waals surface area contributed by atoms with Gasteiger partial charge < -0.3 is 5.32 Å². The zero-order valence-corrected chi connectivity index (χ0v) is 9.47. The molecule has 0 spiro atoms. The number of rotatable bonds is 2. The van der Waals surface area contributed by atoms with Gasteiger partial charge in [0.25, 0.3) is 0 Å². The van der Waals surface area contributed by atoms with Gasteiger partial charge in [-0.05, 0) is 5.56 Å². The van der Waals surface area contributed by atoms with Gasteiger partial charge in [0.1, 0.15) is 5.82 Å². The second-order valence-corrected chi connectivity index (χ2v) is 3.85. The maximum atomic E-state index is 11.6. The van der Waals surface area contributed by atoms with Gasteiger partial charge in [-0.1, -0.05) is 30.3 Å². The van der Waals surface area contributed by atoms with Crippen LogP contribution in [0.5, 0.6) is 0 Å². The van der Waals surface area contributed by atoms with E-state index in [-0.39, 0.29) is 24.1 Å². The lowest BCUT2D eigenvalue weighted by atomic mass is 9.86. The Hall–Kier alpha value is -2.79. The van der Waals surface area contributed by atoms with Crippen LogP contribution < -0.4 is 10.6 Å². The summed E-state index contributed by atoms with van der Waals surface area (Å²) in [5.41, 5.74) is 1.27. The van der Waals surface area contributed by atoms with Crippen molar-refractivity contribution in [3.8, 4) is 12.3 Å². The largest absolute Gasteiger partial charge is 0.311 e. The van der Waals surface area contributed by atoms with Gasteiger partial charge in [0.05, 0.1) is 11.6 Å². The summed E-state index contributed by atoms with van der Waals surface area (Å²) >= 11 is 0. The number of hydrogen-bond donors (Lipinski definition) is 2. The summed E-state index contributed by atoms with van der Waals surface area (Å²) < 4.78 is 0. The average molecular weight is 238 g/mol. The maximum Gasteiger partial charge on any atom is 0.226 e. The van der Waals surface area contributed by atoms with Crippen molar-refractivity contribution in [2.45, 2.75) is 12.3 Å². The molecule has 5 nitrogen and oxygen atoms in total. The summed E-state index contributed by atoms with van der Waals surface area (Å²) in [6, 6.07) is 11.4. The molecule has 1 atom stereocenters.